The quantitative estimate of drug-likeness (QED) is 0.219. The fourth-order valence-electron chi connectivity index (χ4n) is 2.27. The molecule has 144 valence electrons. The SMILES string of the molecule is CCOCCCNC(=NCc1ccc([N+](=O)[O-])cc1)NCc1ccccn1. The molecule has 27 heavy (non-hydrogen) atoms. The number of pyridine rings is 1. The number of benzene rings is 1. The second-order valence-electron chi connectivity index (χ2n) is 5.74. The van der Waals surface area contributed by atoms with E-state index in [9.17, 15) is 10.1 Å². The number of rotatable bonds is 10. The van der Waals surface area contributed by atoms with Gasteiger partial charge in [0.2, 0.25) is 0 Å². The van der Waals surface area contributed by atoms with Crippen molar-refractivity contribution in [3.63, 3.8) is 0 Å². The summed E-state index contributed by atoms with van der Waals surface area (Å²) >= 11 is 0. The first-order valence-electron chi connectivity index (χ1n) is 8.92. The monoisotopic (exact) mass is 371 g/mol. The van der Waals surface area contributed by atoms with E-state index in [1.54, 1.807) is 18.3 Å². The van der Waals surface area contributed by atoms with E-state index in [1.165, 1.54) is 12.1 Å². The van der Waals surface area contributed by atoms with E-state index < -0.39 is 4.92 Å². The largest absolute Gasteiger partial charge is 0.382 e. The summed E-state index contributed by atoms with van der Waals surface area (Å²) in [4.78, 5) is 19.2. The van der Waals surface area contributed by atoms with Gasteiger partial charge in [-0.25, -0.2) is 4.99 Å². The van der Waals surface area contributed by atoms with Crippen LogP contribution in [0.25, 0.3) is 0 Å². The van der Waals surface area contributed by atoms with Gasteiger partial charge in [0.05, 0.1) is 23.7 Å². The van der Waals surface area contributed by atoms with Crippen LogP contribution in [0.2, 0.25) is 0 Å². The van der Waals surface area contributed by atoms with Crippen molar-refractivity contribution >= 4 is 11.6 Å². The maximum Gasteiger partial charge on any atom is 0.269 e. The lowest BCUT2D eigenvalue weighted by atomic mass is 10.2. The number of nitro groups is 1. The van der Waals surface area contributed by atoms with E-state index in [4.69, 9.17) is 4.74 Å². The standard InChI is InChI=1S/C19H25N5O3/c1-2-27-13-5-12-21-19(23-15-17-6-3-4-11-20-17)22-14-16-7-9-18(10-8-16)24(25)26/h3-4,6-11H,2,5,12-15H2,1H3,(H2,21,22,23). The van der Waals surface area contributed by atoms with Gasteiger partial charge in [-0.3, -0.25) is 15.1 Å². The molecular formula is C19H25N5O3. The molecule has 2 rings (SSSR count). The molecule has 1 heterocycles. The third-order valence-corrected chi connectivity index (χ3v) is 3.69. The molecule has 0 aliphatic heterocycles. The molecule has 8 heteroatoms. The Morgan fingerprint density at radius 2 is 2.04 bits per heavy atom. The fraction of sp³-hybridized carbons (Fsp3) is 0.368. The molecule has 0 fully saturated rings. The highest BCUT2D eigenvalue weighted by Crippen LogP contribution is 2.12. The van der Waals surface area contributed by atoms with Gasteiger partial charge in [-0.1, -0.05) is 18.2 Å². The molecule has 1 aromatic heterocycles. The fourth-order valence-corrected chi connectivity index (χ4v) is 2.27. The predicted octanol–water partition coefficient (Wildman–Crippen LogP) is 2.65. The molecule has 2 aromatic rings. The zero-order chi connectivity index (χ0) is 19.3. The lowest BCUT2D eigenvalue weighted by Gasteiger charge is -2.12. The minimum Gasteiger partial charge on any atom is -0.382 e. The van der Waals surface area contributed by atoms with E-state index in [2.05, 4.69) is 20.6 Å². The van der Waals surface area contributed by atoms with Crippen molar-refractivity contribution in [2.24, 2.45) is 4.99 Å². The summed E-state index contributed by atoms with van der Waals surface area (Å²) in [5.74, 6) is 0.663. The zero-order valence-electron chi connectivity index (χ0n) is 15.4. The number of guanidine groups is 1. The number of aromatic nitrogens is 1. The molecule has 0 saturated heterocycles. The summed E-state index contributed by atoms with van der Waals surface area (Å²) in [6, 6.07) is 12.2. The first-order valence-corrected chi connectivity index (χ1v) is 8.92. The van der Waals surface area contributed by atoms with Crippen LogP contribution in [0, 0.1) is 10.1 Å². The van der Waals surface area contributed by atoms with Gasteiger partial charge in [-0.15, -0.1) is 0 Å². The van der Waals surface area contributed by atoms with E-state index in [0.29, 0.717) is 32.3 Å². The van der Waals surface area contributed by atoms with Crippen molar-refractivity contribution in [2.75, 3.05) is 19.8 Å². The third kappa shape index (κ3) is 7.83. The maximum atomic E-state index is 10.7. The molecule has 0 saturated carbocycles. The number of nitrogens with zero attached hydrogens (tertiary/aromatic N) is 3. The summed E-state index contributed by atoms with van der Waals surface area (Å²) in [7, 11) is 0. The normalized spacial score (nSPS) is 11.2. The molecule has 1 aromatic carbocycles. The number of ether oxygens (including phenoxy) is 1. The van der Waals surface area contributed by atoms with Gasteiger partial charge >= 0.3 is 0 Å². The molecule has 0 atom stereocenters. The number of non-ortho nitro benzene ring substituents is 1. The average molecular weight is 371 g/mol. The van der Waals surface area contributed by atoms with Crippen LogP contribution in [0.1, 0.15) is 24.6 Å². The van der Waals surface area contributed by atoms with Crippen LogP contribution in [0.15, 0.2) is 53.7 Å². The molecule has 2 N–H and O–H groups in total. The summed E-state index contributed by atoms with van der Waals surface area (Å²) in [6.45, 7) is 5.07. The predicted molar refractivity (Wildman–Crippen MR) is 104 cm³/mol. The molecular weight excluding hydrogens is 346 g/mol. The minimum atomic E-state index is -0.410. The van der Waals surface area contributed by atoms with E-state index >= 15 is 0 Å². The van der Waals surface area contributed by atoms with E-state index in [-0.39, 0.29) is 5.69 Å². The number of hydrogen-bond donors (Lipinski definition) is 2. The minimum absolute atomic E-state index is 0.0743. The van der Waals surface area contributed by atoms with Gasteiger partial charge in [0.1, 0.15) is 0 Å². The van der Waals surface area contributed by atoms with Gasteiger partial charge in [0.15, 0.2) is 5.96 Å². The van der Waals surface area contributed by atoms with Crippen LogP contribution >= 0.6 is 0 Å². The Kier molecular flexibility index (Phi) is 8.72. The Bertz CT molecular complexity index is 720. The molecule has 8 nitrogen and oxygen atoms in total. The summed E-state index contributed by atoms with van der Waals surface area (Å²) in [5.41, 5.74) is 1.88. The number of nitrogens with one attached hydrogen (secondary N) is 2. The highest BCUT2D eigenvalue weighted by Gasteiger charge is 2.04. The number of nitro benzene ring substituents is 1. The van der Waals surface area contributed by atoms with Crippen molar-refractivity contribution in [3.8, 4) is 0 Å². The number of aliphatic imine (C=N–C) groups is 1. The Labute approximate surface area is 158 Å². The van der Waals surface area contributed by atoms with Crippen molar-refractivity contribution in [2.45, 2.75) is 26.4 Å². The van der Waals surface area contributed by atoms with Crippen molar-refractivity contribution in [1.82, 2.24) is 15.6 Å². The Hall–Kier alpha value is -3.00. The molecule has 0 unspecified atom stereocenters. The summed E-state index contributed by atoms with van der Waals surface area (Å²) in [5, 5.41) is 17.3. The van der Waals surface area contributed by atoms with Gasteiger partial charge in [0, 0.05) is 38.1 Å². The maximum absolute atomic E-state index is 10.7. The third-order valence-electron chi connectivity index (χ3n) is 3.69. The molecule has 0 radical (unpaired) electrons. The van der Waals surface area contributed by atoms with Crippen LogP contribution in [-0.2, 0) is 17.8 Å². The van der Waals surface area contributed by atoms with Gasteiger partial charge in [-0.05, 0) is 31.0 Å². The number of hydrogen-bond acceptors (Lipinski definition) is 5. The van der Waals surface area contributed by atoms with Crippen molar-refractivity contribution < 1.29 is 9.66 Å². The van der Waals surface area contributed by atoms with Gasteiger partial charge < -0.3 is 15.4 Å². The van der Waals surface area contributed by atoms with Gasteiger partial charge in [0.25, 0.3) is 5.69 Å². The second kappa shape index (κ2) is 11.6. The van der Waals surface area contributed by atoms with E-state index in [1.807, 2.05) is 25.1 Å². The van der Waals surface area contributed by atoms with Crippen molar-refractivity contribution in [1.29, 1.82) is 0 Å². The summed E-state index contributed by atoms with van der Waals surface area (Å²) in [6.07, 6.45) is 2.62. The lowest BCUT2D eigenvalue weighted by Crippen LogP contribution is -2.38. The smallest absolute Gasteiger partial charge is 0.269 e. The molecule has 0 aliphatic carbocycles. The molecule has 0 amide bonds. The van der Waals surface area contributed by atoms with Crippen LogP contribution in [0.5, 0.6) is 0 Å². The Balaban J connectivity index is 1.93. The Morgan fingerprint density at radius 3 is 2.70 bits per heavy atom. The molecule has 0 spiro atoms. The van der Waals surface area contributed by atoms with Crippen LogP contribution in [-0.4, -0.2) is 35.6 Å². The lowest BCUT2D eigenvalue weighted by molar-refractivity contribution is -0.384. The zero-order valence-corrected chi connectivity index (χ0v) is 15.4. The first-order chi connectivity index (χ1) is 13.2. The highest BCUT2D eigenvalue weighted by molar-refractivity contribution is 5.79. The topological polar surface area (TPSA) is 102 Å². The molecule has 0 bridgehead atoms. The van der Waals surface area contributed by atoms with Crippen molar-refractivity contribution in [3.05, 3.63) is 70.0 Å². The van der Waals surface area contributed by atoms with Crippen LogP contribution < -0.4 is 10.6 Å². The van der Waals surface area contributed by atoms with Gasteiger partial charge in [-0.2, -0.15) is 0 Å². The van der Waals surface area contributed by atoms with Crippen LogP contribution in [0.4, 0.5) is 5.69 Å². The highest BCUT2D eigenvalue weighted by atomic mass is 16.6. The molecule has 0 aliphatic rings. The van der Waals surface area contributed by atoms with E-state index in [0.717, 1.165) is 24.2 Å². The van der Waals surface area contributed by atoms with Crippen LogP contribution in [0.3, 0.4) is 0 Å². The first kappa shape index (κ1) is 20.3. The second-order valence-corrected chi connectivity index (χ2v) is 5.74. The average Bonchev–Trinajstić information content (AvgIpc) is 2.70. The Morgan fingerprint density at radius 1 is 1.22 bits per heavy atom. The summed E-state index contributed by atoms with van der Waals surface area (Å²) < 4.78 is 5.34.